The zero-order valence-corrected chi connectivity index (χ0v) is 13.2. The van der Waals surface area contributed by atoms with E-state index in [4.69, 9.17) is 4.74 Å². The summed E-state index contributed by atoms with van der Waals surface area (Å²) in [4.78, 5) is 21.6. The van der Waals surface area contributed by atoms with Crippen LogP contribution in [0.25, 0.3) is 11.0 Å². The minimum Gasteiger partial charge on any atom is -0.465 e. The fourth-order valence-electron chi connectivity index (χ4n) is 2.81. The Labute approximate surface area is 130 Å². The molecule has 21 heavy (non-hydrogen) atoms. The van der Waals surface area contributed by atoms with E-state index in [1.165, 1.54) is 7.11 Å². The maximum atomic E-state index is 12.2. The Kier molecular flexibility index (Phi) is 3.86. The summed E-state index contributed by atoms with van der Waals surface area (Å²) in [6, 6.07) is 1.90. The lowest BCUT2D eigenvalue weighted by Gasteiger charge is -2.22. The quantitative estimate of drug-likeness (QED) is 0.824. The maximum Gasteiger partial charge on any atom is 0.342 e. The Morgan fingerprint density at radius 2 is 2.48 bits per heavy atom. The average Bonchev–Trinajstić information content (AvgIpc) is 3.15. The number of ether oxygens (including phenoxy) is 1. The summed E-state index contributed by atoms with van der Waals surface area (Å²) in [6.45, 7) is 1.70. The van der Waals surface area contributed by atoms with Crippen molar-refractivity contribution in [3.05, 3.63) is 22.4 Å². The van der Waals surface area contributed by atoms with Gasteiger partial charge in [-0.05, 0) is 28.4 Å². The highest BCUT2D eigenvalue weighted by atomic mass is 79.9. The van der Waals surface area contributed by atoms with Gasteiger partial charge in [0.25, 0.3) is 0 Å². The fourth-order valence-corrected chi connectivity index (χ4v) is 3.33. The second-order valence-electron chi connectivity index (χ2n) is 5.15. The Morgan fingerprint density at radius 3 is 3.14 bits per heavy atom. The molecular formula is C14H16BrN3O3. The maximum absolute atomic E-state index is 12.2. The number of halogens is 1. The third-order valence-electron chi connectivity index (χ3n) is 3.91. The highest BCUT2D eigenvalue weighted by molar-refractivity contribution is 9.10. The number of aromatic nitrogens is 2. The van der Waals surface area contributed by atoms with Crippen molar-refractivity contribution in [2.45, 2.75) is 6.42 Å². The number of methoxy groups -OCH3 is 1. The average molecular weight is 354 g/mol. The van der Waals surface area contributed by atoms with E-state index in [2.05, 4.69) is 30.8 Å². The van der Waals surface area contributed by atoms with Crippen molar-refractivity contribution in [2.75, 3.05) is 31.7 Å². The van der Waals surface area contributed by atoms with Gasteiger partial charge in [0.1, 0.15) is 11.1 Å². The number of H-pyrrole nitrogens is 1. The van der Waals surface area contributed by atoms with Gasteiger partial charge in [0.15, 0.2) is 0 Å². The van der Waals surface area contributed by atoms with E-state index < -0.39 is 0 Å². The van der Waals surface area contributed by atoms with Crippen molar-refractivity contribution in [3.8, 4) is 0 Å². The topological polar surface area (TPSA) is 78.4 Å². The number of aliphatic hydroxyl groups excluding tert-OH is 1. The summed E-state index contributed by atoms with van der Waals surface area (Å²) in [7, 11) is 1.37. The minimum absolute atomic E-state index is 0.164. The molecule has 1 aliphatic heterocycles. The largest absolute Gasteiger partial charge is 0.465 e. The monoisotopic (exact) mass is 353 g/mol. The number of nitrogens with one attached hydrogen (secondary N) is 1. The summed E-state index contributed by atoms with van der Waals surface area (Å²) < 4.78 is 5.76. The van der Waals surface area contributed by atoms with E-state index >= 15 is 0 Å². The molecule has 3 rings (SSSR count). The zero-order valence-electron chi connectivity index (χ0n) is 11.6. The molecule has 2 N–H and O–H groups in total. The van der Waals surface area contributed by atoms with E-state index in [1.807, 2.05) is 6.07 Å². The number of benzene rings is 1. The second kappa shape index (κ2) is 5.65. The molecule has 1 atom stereocenters. The van der Waals surface area contributed by atoms with Gasteiger partial charge in [0, 0.05) is 30.1 Å². The number of carbonyl (C=O) groups is 1. The molecular weight excluding hydrogens is 338 g/mol. The highest BCUT2D eigenvalue weighted by Crippen LogP contribution is 2.35. The smallest absolute Gasteiger partial charge is 0.342 e. The van der Waals surface area contributed by atoms with Crippen LogP contribution >= 0.6 is 15.9 Å². The van der Waals surface area contributed by atoms with Crippen molar-refractivity contribution in [2.24, 2.45) is 5.92 Å². The lowest BCUT2D eigenvalue weighted by atomic mass is 10.1. The predicted octanol–water partition coefficient (Wildman–Crippen LogP) is 1.93. The molecule has 1 fully saturated rings. The molecule has 0 radical (unpaired) electrons. The minimum atomic E-state index is -0.390. The number of hydrogen-bond acceptors (Lipinski definition) is 5. The van der Waals surface area contributed by atoms with Crippen molar-refractivity contribution in [3.63, 3.8) is 0 Å². The first-order valence-corrected chi connectivity index (χ1v) is 7.54. The summed E-state index contributed by atoms with van der Waals surface area (Å²) in [5.74, 6) is -0.147. The predicted molar refractivity (Wildman–Crippen MR) is 82.5 cm³/mol. The van der Waals surface area contributed by atoms with Gasteiger partial charge in [-0.3, -0.25) is 0 Å². The number of anilines is 1. The van der Waals surface area contributed by atoms with Gasteiger partial charge in [-0.2, -0.15) is 0 Å². The third kappa shape index (κ3) is 2.40. The molecule has 1 saturated heterocycles. The zero-order chi connectivity index (χ0) is 15.0. The van der Waals surface area contributed by atoms with E-state index in [0.29, 0.717) is 16.6 Å². The molecule has 7 heteroatoms. The van der Waals surface area contributed by atoms with Gasteiger partial charge < -0.3 is 19.7 Å². The SMILES string of the molecule is COC(=O)c1c(N2CCC(CO)C2)cc(Br)c2nc[nH]c12. The van der Waals surface area contributed by atoms with E-state index in [0.717, 1.165) is 29.7 Å². The molecule has 0 saturated carbocycles. The molecule has 112 valence electrons. The standard InChI is InChI=1S/C14H16BrN3O3/c1-21-14(20)11-10(18-3-2-8(5-18)6-19)4-9(15)12-13(11)17-7-16-12/h4,7-8,19H,2-3,5-6H2,1H3,(H,16,17). The first-order chi connectivity index (χ1) is 10.2. The van der Waals surface area contributed by atoms with Crippen LogP contribution in [0.4, 0.5) is 5.69 Å². The second-order valence-corrected chi connectivity index (χ2v) is 6.01. The number of esters is 1. The fraction of sp³-hybridized carbons (Fsp3) is 0.429. The Balaban J connectivity index is 2.14. The number of imidazole rings is 1. The van der Waals surface area contributed by atoms with Gasteiger partial charge in [0.05, 0.1) is 24.6 Å². The van der Waals surface area contributed by atoms with Gasteiger partial charge in [-0.25, -0.2) is 9.78 Å². The van der Waals surface area contributed by atoms with Crippen LogP contribution in [-0.2, 0) is 4.74 Å². The van der Waals surface area contributed by atoms with Crippen LogP contribution in [0.15, 0.2) is 16.9 Å². The van der Waals surface area contributed by atoms with Crippen molar-refractivity contribution in [1.29, 1.82) is 0 Å². The first-order valence-electron chi connectivity index (χ1n) is 6.75. The summed E-state index contributed by atoms with van der Waals surface area (Å²) in [6.07, 6.45) is 2.47. The van der Waals surface area contributed by atoms with Gasteiger partial charge in [-0.15, -0.1) is 0 Å². The molecule has 0 amide bonds. The number of fused-ring (bicyclic) bond motifs is 1. The number of hydrogen-bond donors (Lipinski definition) is 2. The molecule has 0 aliphatic carbocycles. The van der Waals surface area contributed by atoms with Crippen molar-refractivity contribution in [1.82, 2.24) is 9.97 Å². The summed E-state index contributed by atoms with van der Waals surface area (Å²) in [5.41, 5.74) is 2.67. The number of carbonyl (C=O) groups excluding carboxylic acids is 1. The molecule has 2 aromatic rings. The van der Waals surface area contributed by atoms with Crippen molar-refractivity contribution >= 4 is 38.6 Å². The summed E-state index contributed by atoms with van der Waals surface area (Å²) >= 11 is 3.50. The van der Waals surface area contributed by atoms with Gasteiger partial charge in [-0.1, -0.05) is 0 Å². The molecule has 1 aromatic heterocycles. The van der Waals surface area contributed by atoms with Crippen LogP contribution in [0, 0.1) is 5.92 Å². The number of nitrogens with zero attached hydrogens (tertiary/aromatic N) is 2. The van der Waals surface area contributed by atoms with Crippen molar-refractivity contribution < 1.29 is 14.6 Å². The van der Waals surface area contributed by atoms with Crippen LogP contribution in [0.1, 0.15) is 16.8 Å². The Morgan fingerprint density at radius 1 is 1.67 bits per heavy atom. The molecule has 0 spiro atoms. The van der Waals surface area contributed by atoms with E-state index in [-0.39, 0.29) is 18.5 Å². The lowest BCUT2D eigenvalue weighted by molar-refractivity contribution is 0.0603. The molecule has 0 bridgehead atoms. The van der Waals surface area contributed by atoms with Crippen LogP contribution in [0.5, 0.6) is 0 Å². The number of rotatable bonds is 3. The number of aromatic amines is 1. The molecule has 1 aromatic carbocycles. The first kappa shape index (κ1) is 14.3. The highest BCUT2D eigenvalue weighted by Gasteiger charge is 2.28. The van der Waals surface area contributed by atoms with Crippen LogP contribution in [0.2, 0.25) is 0 Å². The summed E-state index contributed by atoms with van der Waals surface area (Å²) in [5, 5.41) is 9.30. The third-order valence-corrected chi connectivity index (χ3v) is 4.51. The van der Waals surface area contributed by atoms with Gasteiger partial charge in [0.2, 0.25) is 0 Å². The van der Waals surface area contributed by atoms with Gasteiger partial charge >= 0.3 is 5.97 Å². The van der Waals surface area contributed by atoms with E-state index in [9.17, 15) is 9.90 Å². The molecule has 1 aliphatic rings. The lowest BCUT2D eigenvalue weighted by Crippen LogP contribution is -2.23. The molecule has 1 unspecified atom stereocenters. The van der Waals surface area contributed by atoms with Crippen LogP contribution < -0.4 is 4.90 Å². The van der Waals surface area contributed by atoms with Crippen LogP contribution in [-0.4, -0.2) is 47.8 Å². The normalized spacial score (nSPS) is 18.4. The van der Waals surface area contributed by atoms with E-state index in [1.54, 1.807) is 6.33 Å². The number of aliphatic hydroxyl groups is 1. The Hall–Kier alpha value is -1.60. The molecule has 6 nitrogen and oxygen atoms in total. The van der Waals surface area contributed by atoms with Crippen LogP contribution in [0.3, 0.4) is 0 Å². The molecule has 2 heterocycles. The Bertz CT molecular complexity index is 685.